The van der Waals surface area contributed by atoms with Crippen molar-refractivity contribution in [2.75, 3.05) is 43.9 Å². The predicted molar refractivity (Wildman–Crippen MR) is 124 cm³/mol. The summed E-state index contributed by atoms with van der Waals surface area (Å²) >= 11 is 12.5. The van der Waals surface area contributed by atoms with Crippen LogP contribution in [0.5, 0.6) is 11.5 Å². The molecular formula is C22H29Cl2N3O3. The number of ether oxygens (including phenoxy) is 2. The summed E-state index contributed by atoms with van der Waals surface area (Å²) in [5.41, 5.74) is 8.70. The molecule has 0 heterocycles. The van der Waals surface area contributed by atoms with Crippen molar-refractivity contribution in [1.82, 2.24) is 4.90 Å². The first-order chi connectivity index (χ1) is 14.3. The number of carbonyl (C=O) groups is 1. The van der Waals surface area contributed by atoms with Crippen molar-refractivity contribution >= 4 is 40.5 Å². The zero-order valence-corrected chi connectivity index (χ0v) is 19.4. The Morgan fingerprint density at radius 2 is 1.80 bits per heavy atom. The Morgan fingerprint density at radius 3 is 2.43 bits per heavy atom. The van der Waals surface area contributed by atoms with Crippen molar-refractivity contribution in [1.29, 1.82) is 0 Å². The smallest absolute Gasteiger partial charge is 0.262 e. The number of hydrogen-bond acceptors (Lipinski definition) is 5. The molecule has 0 atom stereocenters. The first kappa shape index (κ1) is 24.1. The molecular weight excluding hydrogens is 425 g/mol. The van der Waals surface area contributed by atoms with E-state index in [0.717, 1.165) is 30.8 Å². The average Bonchev–Trinajstić information content (AvgIpc) is 2.72. The summed E-state index contributed by atoms with van der Waals surface area (Å²) in [5.74, 6) is 0.674. The van der Waals surface area contributed by atoms with Crippen LogP contribution in [0.4, 0.5) is 11.4 Å². The highest BCUT2D eigenvalue weighted by Crippen LogP contribution is 2.34. The SMILES string of the molecule is CCN(CC)CCOc1ccc(NC(=O)COc2cc(C)c(N)c(C)c2Cl)cc1Cl. The number of nitrogen functional groups attached to an aromatic ring is 1. The van der Waals surface area contributed by atoms with Gasteiger partial charge in [-0.25, -0.2) is 0 Å². The molecule has 2 aromatic rings. The van der Waals surface area contributed by atoms with Gasteiger partial charge in [0.25, 0.3) is 5.91 Å². The maximum absolute atomic E-state index is 12.3. The molecule has 0 aliphatic carbocycles. The number of halogens is 2. The summed E-state index contributed by atoms with van der Waals surface area (Å²) in [5, 5.41) is 3.59. The molecule has 0 unspecified atom stereocenters. The Labute approximate surface area is 188 Å². The summed E-state index contributed by atoms with van der Waals surface area (Å²) in [6, 6.07) is 6.85. The van der Waals surface area contributed by atoms with Crippen LogP contribution in [0.2, 0.25) is 10.0 Å². The maximum atomic E-state index is 12.3. The minimum Gasteiger partial charge on any atom is -0.491 e. The highest BCUT2D eigenvalue weighted by molar-refractivity contribution is 6.33. The minimum absolute atomic E-state index is 0.192. The van der Waals surface area contributed by atoms with E-state index in [2.05, 4.69) is 24.1 Å². The molecule has 0 saturated carbocycles. The molecule has 3 N–H and O–H groups in total. The van der Waals surface area contributed by atoms with E-state index in [4.69, 9.17) is 38.4 Å². The van der Waals surface area contributed by atoms with E-state index < -0.39 is 0 Å². The fourth-order valence-electron chi connectivity index (χ4n) is 2.90. The van der Waals surface area contributed by atoms with Crippen LogP contribution >= 0.6 is 23.2 Å². The second-order valence-corrected chi connectivity index (χ2v) is 7.69. The number of amides is 1. The highest BCUT2D eigenvalue weighted by Gasteiger charge is 2.13. The lowest BCUT2D eigenvalue weighted by Crippen LogP contribution is -2.27. The average molecular weight is 454 g/mol. The van der Waals surface area contributed by atoms with Gasteiger partial charge in [0.2, 0.25) is 0 Å². The molecule has 0 spiro atoms. The van der Waals surface area contributed by atoms with Gasteiger partial charge in [-0.05, 0) is 62.3 Å². The van der Waals surface area contributed by atoms with Crippen LogP contribution in [0.25, 0.3) is 0 Å². The Balaban J connectivity index is 1.91. The molecule has 1 amide bonds. The van der Waals surface area contributed by atoms with Crippen LogP contribution in [0.3, 0.4) is 0 Å². The Morgan fingerprint density at radius 1 is 1.10 bits per heavy atom. The standard InChI is InChI=1S/C22H29Cl2N3O3/c1-5-27(6-2)9-10-29-18-8-7-16(12-17(18)23)26-20(28)13-30-19-11-14(3)22(25)15(4)21(19)24/h7-8,11-12H,5-6,9-10,13,25H2,1-4H3,(H,26,28). The molecule has 8 heteroatoms. The summed E-state index contributed by atoms with van der Waals surface area (Å²) in [6.45, 7) is 11.0. The molecule has 0 aliphatic heterocycles. The van der Waals surface area contributed by atoms with Gasteiger partial charge in [-0.1, -0.05) is 37.0 Å². The molecule has 2 rings (SSSR count). The Bertz CT molecular complexity index is 886. The number of nitrogens with zero attached hydrogens (tertiary/aromatic N) is 1. The number of nitrogens with two attached hydrogens (primary N) is 1. The van der Waals surface area contributed by atoms with Crippen LogP contribution in [0.15, 0.2) is 24.3 Å². The van der Waals surface area contributed by atoms with Gasteiger partial charge in [-0.15, -0.1) is 0 Å². The molecule has 6 nitrogen and oxygen atoms in total. The van der Waals surface area contributed by atoms with E-state index in [-0.39, 0.29) is 12.5 Å². The second-order valence-electron chi connectivity index (χ2n) is 6.90. The van der Waals surface area contributed by atoms with Gasteiger partial charge >= 0.3 is 0 Å². The fourth-order valence-corrected chi connectivity index (χ4v) is 3.35. The van der Waals surface area contributed by atoms with Crippen molar-refractivity contribution < 1.29 is 14.3 Å². The van der Waals surface area contributed by atoms with E-state index in [1.165, 1.54) is 0 Å². The van der Waals surface area contributed by atoms with Crippen LogP contribution in [0, 0.1) is 13.8 Å². The van der Waals surface area contributed by atoms with Gasteiger partial charge in [-0.3, -0.25) is 4.79 Å². The van der Waals surface area contributed by atoms with E-state index in [0.29, 0.717) is 39.5 Å². The molecule has 0 aliphatic rings. The van der Waals surface area contributed by atoms with E-state index >= 15 is 0 Å². The molecule has 0 aromatic heterocycles. The molecule has 164 valence electrons. The van der Waals surface area contributed by atoms with Crippen LogP contribution in [-0.4, -0.2) is 43.7 Å². The third-order valence-electron chi connectivity index (χ3n) is 4.86. The zero-order chi connectivity index (χ0) is 22.3. The van der Waals surface area contributed by atoms with E-state index in [1.54, 1.807) is 24.3 Å². The first-order valence-corrected chi connectivity index (χ1v) is 10.6. The number of benzene rings is 2. The molecule has 0 fully saturated rings. The summed E-state index contributed by atoms with van der Waals surface area (Å²) in [7, 11) is 0. The number of aryl methyl sites for hydroxylation is 1. The third-order valence-corrected chi connectivity index (χ3v) is 5.62. The Hall–Kier alpha value is -2.15. The monoisotopic (exact) mass is 453 g/mol. The van der Waals surface area contributed by atoms with E-state index in [9.17, 15) is 4.79 Å². The van der Waals surface area contributed by atoms with Crippen LogP contribution in [0.1, 0.15) is 25.0 Å². The van der Waals surface area contributed by atoms with Crippen LogP contribution < -0.4 is 20.5 Å². The highest BCUT2D eigenvalue weighted by atomic mass is 35.5. The lowest BCUT2D eigenvalue weighted by Gasteiger charge is -2.18. The van der Waals surface area contributed by atoms with Gasteiger partial charge in [0.1, 0.15) is 18.1 Å². The Kier molecular flexibility index (Phi) is 9.08. The number of likely N-dealkylation sites (N-methyl/N-ethyl adjacent to an activating group) is 1. The van der Waals surface area contributed by atoms with Gasteiger partial charge in [-0.2, -0.15) is 0 Å². The molecule has 2 aromatic carbocycles. The van der Waals surface area contributed by atoms with Crippen molar-refractivity contribution in [3.8, 4) is 11.5 Å². The van der Waals surface area contributed by atoms with Gasteiger partial charge in [0.15, 0.2) is 6.61 Å². The topological polar surface area (TPSA) is 76.8 Å². The number of rotatable bonds is 10. The van der Waals surface area contributed by atoms with Crippen LogP contribution in [-0.2, 0) is 4.79 Å². The van der Waals surface area contributed by atoms with Gasteiger partial charge in [0, 0.05) is 17.9 Å². The number of anilines is 2. The molecule has 0 bridgehead atoms. The van der Waals surface area contributed by atoms with Gasteiger partial charge in [0.05, 0.1) is 10.0 Å². The minimum atomic E-state index is -0.329. The predicted octanol–water partition coefficient (Wildman–Crippen LogP) is 4.93. The second kappa shape index (κ2) is 11.3. The lowest BCUT2D eigenvalue weighted by atomic mass is 10.1. The van der Waals surface area contributed by atoms with Gasteiger partial charge < -0.3 is 25.4 Å². The summed E-state index contributed by atoms with van der Waals surface area (Å²) in [4.78, 5) is 14.5. The molecule has 30 heavy (non-hydrogen) atoms. The van der Waals surface area contributed by atoms with E-state index in [1.807, 2.05) is 13.8 Å². The number of nitrogens with one attached hydrogen (secondary N) is 1. The van der Waals surface area contributed by atoms with Crippen molar-refractivity contribution in [3.05, 3.63) is 45.4 Å². The first-order valence-electron chi connectivity index (χ1n) is 9.89. The fraction of sp³-hybridized carbons (Fsp3) is 0.409. The summed E-state index contributed by atoms with van der Waals surface area (Å²) in [6.07, 6.45) is 0. The molecule has 0 radical (unpaired) electrons. The number of hydrogen-bond donors (Lipinski definition) is 2. The van der Waals surface area contributed by atoms with Crippen molar-refractivity contribution in [2.45, 2.75) is 27.7 Å². The largest absolute Gasteiger partial charge is 0.491 e. The molecule has 0 saturated heterocycles. The third kappa shape index (κ3) is 6.42. The lowest BCUT2D eigenvalue weighted by molar-refractivity contribution is -0.118. The normalized spacial score (nSPS) is 10.9. The zero-order valence-electron chi connectivity index (χ0n) is 17.9. The van der Waals surface area contributed by atoms with Crippen molar-refractivity contribution in [2.24, 2.45) is 0 Å². The number of carbonyl (C=O) groups excluding carboxylic acids is 1. The van der Waals surface area contributed by atoms with Crippen molar-refractivity contribution in [3.63, 3.8) is 0 Å². The quantitative estimate of drug-likeness (QED) is 0.498. The maximum Gasteiger partial charge on any atom is 0.262 e. The summed E-state index contributed by atoms with van der Waals surface area (Å²) < 4.78 is 11.3.